The van der Waals surface area contributed by atoms with Gasteiger partial charge in [0.1, 0.15) is 5.70 Å². The molecule has 1 saturated heterocycles. The minimum atomic E-state index is -0.314. The van der Waals surface area contributed by atoms with Crippen LogP contribution in [0, 0.1) is 12.5 Å². The molecule has 1 amide bonds. The van der Waals surface area contributed by atoms with Gasteiger partial charge in [0.15, 0.2) is 0 Å². The van der Waals surface area contributed by atoms with Crippen LogP contribution in [-0.4, -0.2) is 42.1 Å². The minimum Gasteiger partial charge on any atom is -0.378 e. The highest BCUT2D eigenvalue weighted by Crippen LogP contribution is 2.21. The number of carbonyl (C=O) groups excluding carboxylic acids is 1. The summed E-state index contributed by atoms with van der Waals surface area (Å²) in [4.78, 5) is 29.7. The number of aryl methyl sites for hydroxylation is 1. The topological polar surface area (TPSA) is 111 Å². The van der Waals surface area contributed by atoms with E-state index in [-0.39, 0.29) is 17.2 Å². The zero-order chi connectivity index (χ0) is 21.8. The summed E-state index contributed by atoms with van der Waals surface area (Å²) in [6, 6.07) is 14.6. The number of pyridine rings is 1. The van der Waals surface area contributed by atoms with Crippen molar-refractivity contribution in [3.05, 3.63) is 81.8 Å². The Morgan fingerprint density at radius 1 is 1.19 bits per heavy atom. The Morgan fingerprint density at radius 2 is 1.97 bits per heavy atom. The molecule has 2 aromatic carbocycles. The van der Waals surface area contributed by atoms with Crippen molar-refractivity contribution in [1.29, 1.82) is 5.53 Å². The summed E-state index contributed by atoms with van der Waals surface area (Å²) in [6.07, 6.45) is 1.53. The van der Waals surface area contributed by atoms with Gasteiger partial charge in [-0.1, -0.05) is 18.2 Å². The first-order valence-corrected chi connectivity index (χ1v) is 10.0. The molecule has 0 saturated carbocycles. The van der Waals surface area contributed by atoms with Crippen LogP contribution in [-0.2, 0) is 4.74 Å². The Morgan fingerprint density at radius 3 is 2.71 bits per heavy atom. The van der Waals surface area contributed by atoms with Crippen molar-refractivity contribution in [1.82, 2.24) is 9.88 Å². The molecule has 4 rings (SSSR count). The van der Waals surface area contributed by atoms with Crippen LogP contribution in [0.2, 0.25) is 0 Å². The molecule has 1 aliphatic rings. The number of nitrogens with zero attached hydrogens (tertiary/aromatic N) is 2. The number of rotatable bonds is 5. The number of ether oxygens (including phenoxy) is 1. The van der Waals surface area contributed by atoms with Crippen molar-refractivity contribution in [2.24, 2.45) is 5.11 Å². The predicted octanol–water partition coefficient (Wildman–Crippen LogP) is 3.75. The van der Waals surface area contributed by atoms with Gasteiger partial charge in [0.2, 0.25) is 0 Å². The second-order valence-corrected chi connectivity index (χ2v) is 7.32. The Labute approximate surface area is 179 Å². The number of H-pyrrole nitrogens is 1. The highest BCUT2D eigenvalue weighted by Gasteiger charge is 2.19. The monoisotopic (exact) mass is 417 g/mol. The van der Waals surface area contributed by atoms with Crippen LogP contribution in [0.15, 0.2) is 64.6 Å². The number of carbonyl (C=O) groups is 1. The molecule has 158 valence electrons. The average Bonchev–Trinajstić information content (AvgIpc) is 2.80. The van der Waals surface area contributed by atoms with E-state index in [2.05, 4.69) is 15.4 Å². The van der Waals surface area contributed by atoms with Crippen molar-refractivity contribution >= 4 is 28.2 Å². The van der Waals surface area contributed by atoms with Crippen molar-refractivity contribution in [3.63, 3.8) is 0 Å². The number of fused-ring (bicyclic) bond motifs is 1. The largest absolute Gasteiger partial charge is 0.378 e. The van der Waals surface area contributed by atoms with Gasteiger partial charge in [-0.25, -0.2) is 5.53 Å². The van der Waals surface area contributed by atoms with Gasteiger partial charge >= 0.3 is 0 Å². The second kappa shape index (κ2) is 8.93. The summed E-state index contributed by atoms with van der Waals surface area (Å²) in [5.41, 5.74) is 10.7. The molecule has 1 aliphatic heterocycles. The molecule has 0 spiro atoms. The number of morpholine rings is 1. The maximum absolute atomic E-state index is 12.7. The Kier molecular flexibility index (Phi) is 5.90. The van der Waals surface area contributed by atoms with Gasteiger partial charge in [0.05, 0.1) is 18.8 Å². The maximum atomic E-state index is 12.7. The second-order valence-electron chi connectivity index (χ2n) is 7.32. The number of aromatic amines is 1. The first-order valence-electron chi connectivity index (χ1n) is 10.0. The van der Waals surface area contributed by atoms with Crippen LogP contribution < -0.4 is 10.9 Å². The SMILES string of the molecule is Cc1cc(C(=O)N2CCOCC2)ccc1N/C=C(\N=N)c1cc2ccccc2[nH]c1=O. The van der Waals surface area contributed by atoms with Gasteiger partial charge < -0.3 is 19.9 Å². The molecular formula is C23H23N5O3. The number of para-hydroxylation sites is 1. The van der Waals surface area contributed by atoms with Gasteiger partial charge in [0.25, 0.3) is 11.5 Å². The molecular weight excluding hydrogens is 394 g/mol. The van der Waals surface area contributed by atoms with Gasteiger partial charge in [-0.05, 0) is 48.2 Å². The fourth-order valence-electron chi connectivity index (χ4n) is 3.56. The van der Waals surface area contributed by atoms with Crippen LogP contribution in [0.25, 0.3) is 16.6 Å². The molecule has 0 aliphatic carbocycles. The highest BCUT2D eigenvalue weighted by atomic mass is 16.5. The lowest BCUT2D eigenvalue weighted by Crippen LogP contribution is -2.40. The quantitative estimate of drug-likeness (QED) is 0.549. The number of hydrogen-bond acceptors (Lipinski definition) is 6. The first-order chi connectivity index (χ1) is 15.1. The molecule has 3 N–H and O–H groups in total. The molecule has 1 fully saturated rings. The van der Waals surface area contributed by atoms with E-state index in [1.54, 1.807) is 17.0 Å². The molecule has 0 atom stereocenters. The van der Waals surface area contributed by atoms with Crippen LogP contribution in [0.3, 0.4) is 0 Å². The number of hydrogen-bond donors (Lipinski definition) is 3. The fourth-order valence-corrected chi connectivity index (χ4v) is 3.56. The summed E-state index contributed by atoms with van der Waals surface area (Å²) in [5, 5.41) is 7.50. The van der Waals surface area contributed by atoms with E-state index in [1.807, 2.05) is 43.3 Å². The number of benzene rings is 2. The lowest BCUT2D eigenvalue weighted by molar-refractivity contribution is 0.0303. The van der Waals surface area contributed by atoms with Crippen molar-refractivity contribution in [2.45, 2.75) is 6.92 Å². The summed E-state index contributed by atoms with van der Waals surface area (Å²) in [5.74, 6) is -0.0157. The van der Waals surface area contributed by atoms with E-state index in [0.29, 0.717) is 37.4 Å². The number of anilines is 1. The van der Waals surface area contributed by atoms with E-state index in [0.717, 1.165) is 22.2 Å². The standard InChI is InChI=1S/C23H23N5O3/c1-15-12-17(23(30)28-8-10-31-11-9-28)6-7-19(15)25-14-21(27-24)18-13-16-4-2-3-5-20(16)26-22(18)29/h2-7,12-14,24-25H,8-11H2,1H3,(H,26,29)/b21-14-,27-24?. The van der Waals surface area contributed by atoms with Gasteiger partial charge in [-0.15, -0.1) is 0 Å². The molecule has 8 heteroatoms. The third kappa shape index (κ3) is 4.39. The van der Waals surface area contributed by atoms with E-state index in [1.165, 1.54) is 6.20 Å². The van der Waals surface area contributed by atoms with E-state index in [4.69, 9.17) is 10.3 Å². The summed E-state index contributed by atoms with van der Waals surface area (Å²) >= 11 is 0. The molecule has 0 radical (unpaired) electrons. The normalized spacial score (nSPS) is 14.5. The molecule has 2 heterocycles. The lowest BCUT2D eigenvalue weighted by atomic mass is 10.1. The summed E-state index contributed by atoms with van der Waals surface area (Å²) < 4.78 is 5.30. The van der Waals surface area contributed by atoms with E-state index >= 15 is 0 Å². The fraction of sp³-hybridized carbons (Fsp3) is 0.217. The molecule has 0 bridgehead atoms. The zero-order valence-electron chi connectivity index (χ0n) is 17.1. The molecule has 1 aromatic heterocycles. The van der Waals surface area contributed by atoms with Crippen molar-refractivity contribution in [3.8, 4) is 0 Å². The molecule has 3 aromatic rings. The molecule has 31 heavy (non-hydrogen) atoms. The Bertz CT molecular complexity index is 1230. The number of aromatic nitrogens is 1. The highest BCUT2D eigenvalue weighted by molar-refractivity contribution is 5.95. The summed E-state index contributed by atoms with van der Waals surface area (Å²) in [6.45, 7) is 4.20. The van der Waals surface area contributed by atoms with Gasteiger partial charge in [0, 0.05) is 36.1 Å². The Hall–Kier alpha value is -3.78. The smallest absolute Gasteiger partial charge is 0.258 e. The van der Waals surface area contributed by atoms with Crippen LogP contribution in [0.5, 0.6) is 0 Å². The molecule has 8 nitrogen and oxygen atoms in total. The Balaban J connectivity index is 1.57. The van der Waals surface area contributed by atoms with Crippen LogP contribution in [0.4, 0.5) is 5.69 Å². The van der Waals surface area contributed by atoms with Gasteiger partial charge in [-0.2, -0.15) is 5.11 Å². The zero-order valence-corrected chi connectivity index (χ0v) is 17.1. The third-order valence-electron chi connectivity index (χ3n) is 5.29. The predicted molar refractivity (Wildman–Crippen MR) is 119 cm³/mol. The number of amides is 1. The average molecular weight is 417 g/mol. The van der Waals surface area contributed by atoms with E-state index in [9.17, 15) is 9.59 Å². The van der Waals surface area contributed by atoms with Crippen molar-refractivity contribution < 1.29 is 9.53 Å². The van der Waals surface area contributed by atoms with Gasteiger partial charge in [-0.3, -0.25) is 9.59 Å². The minimum absolute atomic E-state index is 0.0157. The van der Waals surface area contributed by atoms with Crippen molar-refractivity contribution in [2.75, 3.05) is 31.6 Å². The van der Waals surface area contributed by atoms with E-state index < -0.39 is 0 Å². The summed E-state index contributed by atoms with van der Waals surface area (Å²) in [7, 11) is 0. The molecule has 0 unspecified atom stereocenters. The maximum Gasteiger partial charge on any atom is 0.258 e. The first kappa shape index (κ1) is 20.5. The lowest BCUT2D eigenvalue weighted by Gasteiger charge is -2.27. The van der Waals surface area contributed by atoms with Crippen LogP contribution in [0.1, 0.15) is 21.5 Å². The van der Waals surface area contributed by atoms with Crippen LogP contribution >= 0.6 is 0 Å². The number of nitrogens with one attached hydrogen (secondary N) is 3. The third-order valence-corrected chi connectivity index (χ3v) is 5.29.